The van der Waals surface area contributed by atoms with Crippen LogP contribution in [0.5, 0.6) is 11.5 Å². The van der Waals surface area contributed by atoms with Crippen LogP contribution < -0.4 is 9.47 Å². The molecule has 116 valence electrons. The van der Waals surface area contributed by atoms with Gasteiger partial charge in [-0.3, -0.25) is 4.79 Å². The molecular weight excluding hydrogens is 286 g/mol. The third-order valence-corrected chi connectivity index (χ3v) is 3.40. The number of aromatic nitrogens is 2. The van der Waals surface area contributed by atoms with Crippen molar-refractivity contribution < 1.29 is 18.8 Å². The highest BCUT2D eigenvalue weighted by Gasteiger charge is 2.29. The quantitative estimate of drug-likeness (QED) is 0.845. The lowest BCUT2D eigenvalue weighted by molar-refractivity contribution is -0.139. The Hall–Kier alpha value is -2.57. The summed E-state index contributed by atoms with van der Waals surface area (Å²) in [5, 5.41) is 3.81. The van der Waals surface area contributed by atoms with E-state index in [0.29, 0.717) is 36.2 Å². The average Bonchev–Trinajstić information content (AvgIpc) is 2.97. The van der Waals surface area contributed by atoms with Gasteiger partial charge in [0.1, 0.15) is 6.61 Å². The Morgan fingerprint density at radius 3 is 2.86 bits per heavy atom. The van der Waals surface area contributed by atoms with E-state index in [4.69, 9.17) is 14.0 Å². The maximum atomic E-state index is 12.4. The van der Waals surface area contributed by atoms with E-state index < -0.39 is 6.10 Å². The first-order valence-electron chi connectivity index (χ1n) is 7.06. The number of nitrogens with zero attached hydrogens (tertiary/aromatic N) is 3. The molecule has 1 aromatic carbocycles. The molecule has 0 saturated heterocycles. The first-order chi connectivity index (χ1) is 10.6. The summed E-state index contributed by atoms with van der Waals surface area (Å²) in [6, 6.07) is 7.32. The lowest BCUT2D eigenvalue weighted by atomic mass is 10.2. The van der Waals surface area contributed by atoms with Crippen LogP contribution in [0.1, 0.15) is 11.7 Å². The van der Waals surface area contributed by atoms with Crippen LogP contribution in [0.4, 0.5) is 0 Å². The fourth-order valence-corrected chi connectivity index (χ4v) is 2.21. The molecule has 2 heterocycles. The standard InChI is InChI=1S/C15H17N3O4/c1-10-16-14(17-22-10)7-8-18(2)15(19)13-9-20-11-5-3-4-6-12(11)21-13/h3-6,13H,7-9H2,1-2H3/t13-/m1/s1. The van der Waals surface area contributed by atoms with Crippen molar-refractivity contribution in [1.29, 1.82) is 0 Å². The predicted octanol–water partition coefficient (Wildman–Crippen LogP) is 1.22. The maximum absolute atomic E-state index is 12.4. The molecule has 1 aromatic heterocycles. The van der Waals surface area contributed by atoms with Crippen LogP contribution in [-0.2, 0) is 11.2 Å². The van der Waals surface area contributed by atoms with E-state index in [-0.39, 0.29) is 12.5 Å². The molecule has 1 atom stereocenters. The number of hydrogen-bond acceptors (Lipinski definition) is 6. The van der Waals surface area contributed by atoms with Gasteiger partial charge in [-0.25, -0.2) is 0 Å². The summed E-state index contributed by atoms with van der Waals surface area (Å²) in [5.74, 6) is 2.23. The van der Waals surface area contributed by atoms with Crippen molar-refractivity contribution in [1.82, 2.24) is 15.0 Å². The number of hydrogen-bond donors (Lipinski definition) is 0. The highest BCUT2D eigenvalue weighted by molar-refractivity contribution is 5.81. The second kappa shape index (κ2) is 6.05. The predicted molar refractivity (Wildman–Crippen MR) is 76.7 cm³/mol. The van der Waals surface area contributed by atoms with E-state index >= 15 is 0 Å². The summed E-state index contributed by atoms with van der Waals surface area (Å²) in [6.07, 6.45) is -0.101. The number of ether oxygens (including phenoxy) is 2. The highest BCUT2D eigenvalue weighted by atomic mass is 16.6. The molecule has 7 nitrogen and oxygen atoms in total. The first-order valence-corrected chi connectivity index (χ1v) is 7.06. The zero-order valence-corrected chi connectivity index (χ0v) is 12.5. The summed E-state index contributed by atoms with van der Waals surface area (Å²) in [5.41, 5.74) is 0. The van der Waals surface area contributed by atoms with Crippen molar-refractivity contribution in [2.45, 2.75) is 19.4 Å². The van der Waals surface area contributed by atoms with Gasteiger partial charge in [-0.1, -0.05) is 17.3 Å². The number of fused-ring (bicyclic) bond motifs is 1. The normalized spacial score (nSPS) is 16.4. The minimum Gasteiger partial charge on any atom is -0.485 e. The minimum atomic E-state index is -0.632. The van der Waals surface area contributed by atoms with Gasteiger partial charge in [0, 0.05) is 26.9 Å². The van der Waals surface area contributed by atoms with E-state index in [1.165, 1.54) is 0 Å². The van der Waals surface area contributed by atoms with Crippen molar-refractivity contribution in [2.75, 3.05) is 20.2 Å². The number of para-hydroxylation sites is 2. The Kier molecular flexibility index (Phi) is 3.95. The molecular formula is C15H17N3O4. The number of carbonyl (C=O) groups is 1. The van der Waals surface area contributed by atoms with E-state index in [1.54, 1.807) is 24.9 Å². The molecule has 0 unspecified atom stereocenters. The summed E-state index contributed by atoms with van der Waals surface area (Å²) in [4.78, 5) is 18.1. The number of amides is 1. The lowest BCUT2D eigenvalue weighted by Crippen LogP contribution is -2.45. The molecule has 0 saturated carbocycles. The smallest absolute Gasteiger partial charge is 0.267 e. The largest absolute Gasteiger partial charge is 0.485 e. The van der Waals surface area contributed by atoms with Crippen LogP contribution in [0.15, 0.2) is 28.8 Å². The third-order valence-electron chi connectivity index (χ3n) is 3.40. The van der Waals surface area contributed by atoms with Gasteiger partial charge in [-0.15, -0.1) is 0 Å². The molecule has 0 N–H and O–H groups in total. The maximum Gasteiger partial charge on any atom is 0.267 e. The molecule has 2 aromatic rings. The Morgan fingerprint density at radius 2 is 2.14 bits per heavy atom. The fraction of sp³-hybridized carbons (Fsp3) is 0.400. The van der Waals surface area contributed by atoms with Gasteiger partial charge < -0.3 is 18.9 Å². The topological polar surface area (TPSA) is 77.7 Å². The minimum absolute atomic E-state index is 0.130. The zero-order valence-electron chi connectivity index (χ0n) is 12.5. The van der Waals surface area contributed by atoms with Crippen molar-refractivity contribution in [3.8, 4) is 11.5 Å². The summed E-state index contributed by atoms with van der Waals surface area (Å²) >= 11 is 0. The molecule has 3 rings (SSSR count). The second-order valence-electron chi connectivity index (χ2n) is 5.10. The van der Waals surface area contributed by atoms with Gasteiger partial charge in [-0.05, 0) is 12.1 Å². The van der Waals surface area contributed by atoms with Crippen LogP contribution in [0.25, 0.3) is 0 Å². The molecule has 7 heteroatoms. The van der Waals surface area contributed by atoms with Gasteiger partial charge in [-0.2, -0.15) is 4.98 Å². The Morgan fingerprint density at radius 1 is 1.36 bits per heavy atom. The zero-order chi connectivity index (χ0) is 15.5. The third kappa shape index (κ3) is 3.03. The van der Waals surface area contributed by atoms with Crippen molar-refractivity contribution in [2.24, 2.45) is 0 Å². The van der Waals surface area contributed by atoms with Crippen LogP contribution in [0, 0.1) is 6.92 Å². The van der Waals surface area contributed by atoms with Crippen LogP contribution in [-0.4, -0.2) is 47.3 Å². The molecule has 0 radical (unpaired) electrons. The average molecular weight is 303 g/mol. The van der Waals surface area contributed by atoms with Gasteiger partial charge in [0.25, 0.3) is 5.91 Å². The van der Waals surface area contributed by atoms with Gasteiger partial charge in [0.15, 0.2) is 17.3 Å². The van der Waals surface area contributed by atoms with Crippen molar-refractivity contribution in [3.05, 3.63) is 36.0 Å². The van der Waals surface area contributed by atoms with Crippen molar-refractivity contribution in [3.63, 3.8) is 0 Å². The number of benzene rings is 1. The first kappa shape index (κ1) is 14.4. The number of likely N-dealkylation sites (N-methyl/N-ethyl adjacent to an activating group) is 1. The van der Waals surface area contributed by atoms with Gasteiger partial charge in [0.05, 0.1) is 0 Å². The van der Waals surface area contributed by atoms with Crippen LogP contribution in [0.2, 0.25) is 0 Å². The molecule has 0 bridgehead atoms. The summed E-state index contributed by atoms with van der Waals surface area (Å²) < 4.78 is 16.2. The lowest BCUT2D eigenvalue weighted by Gasteiger charge is -2.28. The number of rotatable bonds is 4. The molecule has 0 aliphatic carbocycles. The van der Waals surface area contributed by atoms with Crippen LogP contribution >= 0.6 is 0 Å². The number of carbonyl (C=O) groups excluding carboxylic acids is 1. The molecule has 1 aliphatic rings. The highest BCUT2D eigenvalue weighted by Crippen LogP contribution is 2.31. The molecule has 22 heavy (non-hydrogen) atoms. The van der Waals surface area contributed by atoms with E-state index in [0.717, 1.165) is 0 Å². The van der Waals surface area contributed by atoms with E-state index in [1.807, 2.05) is 18.2 Å². The summed E-state index contributed by atoms with van der Waals surface area (Å²) in [7, 11) is 1.72. The molecule has 1 amide bonds. The Labute approximate surface area is 127 Å². The van der Waals surface area contributed by atoms with E-state index in [9.17, 15) is 4.79 Å². The fourth-order valence-electron chi connectivity index (χ4n) is 2.21. The van der Waals surface area contributed by atoms with Gasteiger partial charge in [0.2, 0.25) is 12.0 Å². The van der Waals surface area contributed by atoms with Crippen LogP contribution in [0.3, 0.4) is 0 Å². The monoisotopic (exact) mass is 303 g/mol. The Bertz CT molecular complexity index is 670. The molecule has 0 fully saturated rings. The second-order valence-corrected chi connectivity index (χ2v) is 5.10. The molecule has 1 aliphatic heterocycles. The number of aryl methyl sites for hydroxylation is 1. The molecule has 0 spiro atoms. The summed E-state index contributed by atoms with van der Waals surface area (Å²) in [6.45, 7) is 2.43. The van der Waals surface area contributed by atoms with Crippen molar-refractivity contribution >= 4 is 5.91 Å². The van der Waals surface area contributed by atoms with Gasteiger partial charge >= 0.3 is 0 Å². The SMILES string of the molecule is Cc1nc(CCN(C)C(=O)[C@H]2COc3ccccc3O2)no1. The Balaban J connectivity index is 1.57. The van der Waals surface area contributed by atoms with E-state index in [2.05, 4.69) is 10.1 Å².